The van der Waals surface area contributed by atoms with Gasteiger partial charge in [0.1, 0.15) is 17.3 Å². The number of hydrogen-bond acceptors (Lipinski definition) is 6. The molecule has 0 spiro atoms. The van der Waals surface area contributed by atoms with E-state index in [1.165, 1.54) is 0 Å². The number of anilines is 1. The summed E-state index contributed by atoms with van der Waals surface area (Å²) in [5.41, 5.74) is 8.95. The fourth-order valence-electron chi connectivity index (χ4n) is 3.50. The molecule has 0 bridgehead atoms. The molecule has 3 rings (SSSR count). The fraction of sp³-hybridized carbons (Fsp3) is 0.450. The lowest BCUT2D eigenvalue weighted by molar-refractivity contribution is 0.279. The van der Waals surface area contributed by atoms with E-state index in [9.17, 15) is 10.2 Å². The number of aliphatic hydroxyl groups excluding tert-OH is 1. The summed E-state index contributed by atoms with van der Waals surface area (Å²) in [4.78, 5) is 4.46. The number of aromatic nitrogens is 1. The number of benzene rings is 1. The predicted molar refractivity (Wildman–Crippen MR) is 102 cm³/mol. The highest BCUT2D eigenvalue weighted by Crippen LogP contribution is 2.40. The van der Waals surface area contributed by atoms with E-state index in [0.29, 0.717) is 35.0 Å². The quantitative estimate of drug-likeness (QED) is 0.634. The van der Waals surface area contributed by atoms with E-state index in [1.807, 2.05) is 19.1 Å². The summed E-state index contributed by atoms with van der Waals surface area (Å²) in [7, 11) is 0. The number of nitrogens with zero attached hydrogens (tertiary/aromatic N) is 1. The van der Waals surface area contributed by atoms with Gasteiger partial charge >= 0.3 is 0 Å². The molecular weight excluding hydrogens is 330 g/mol. The molecule has 1 fully saturated rings. The summed E-state index contributed by atoms with van der Waals surface area (Å²) in [5.74, 6) is 1.26. The van der Waals surface area contributed by atoms with Crippen molar-refractivity contribution in [3.63, 3.8) is 0 Å². The number of nitrogens with one attached hydrogen (secondary N) is 1. The number of aromatic hydroxyl groups is 1. The molecule has 1 aromatic carbocycles. The number of pyridine rings is 1. The summed E-state index contributed by atoms with van der Waals surface area (Å²) in [6, 6.07) is 7.13. The van der Waals surface area contributed by atoms with E-state index in [-0.39, 0.29) is 18.3 Å². The lowest BCUT2D eigenvalue weighted by atomic mass is 9.87. The molecular formula is C20H27N3O3. The highest BCUT2D eigenvalue weighted by molar-refractivity contribution is 5.76. The number of aliphatic hydroxyl groups is 1. The molecule has 6 heteroatoms. The van der Waals surface area contributed by atoms with Gasteiger partial charge in [0.2, 0.25) is 0 Å². The Morgan fingerprint density at radius 3 is 2.92 bits per heavy atom. The molecule has 26 heavy (non-hydrogen) atoms. The molecule has 1 aliphatic heterocycles. The Hall–Kier alpha value is -2.31. The molecule has 1 aromatic heterocycles. The van der Waals surface area contributed by atoms with Gasteiger partial charge in [-0.2, -0.15) is 0 Å². The number of nitrogen functional groups attached to an aromatic ring is 1. The number of nitrogens with two attached hydrogens (primary N) is 1. The van der Waals surface area contributed by atoms with Crippen molar-refractivity contribution in [1.82, 2.24) is 10.3 Å². The standard InChI is InChI=1S/C20H27N3O3/c1-2-9-26-18-7-3-6-17(25)19(18)16-10-14(13-5-4-8-22-11-13)15(12-24)20(21)23-16/h3,6-7,10,13,22,24-25H,2,4-5,8-9,11-12H2,1H3,(H2,21,23). The highest BCUT2D eigenvalue weighted by Gasteiger charge is 2.23. The van der Waals surface area contributed by atoms with Crippen LogP contribution >= 0.6 is 0 Å². The van der Waals surface area contributed by atoms with E-state index in [4.69, 9.17) is 10.5 Å². The Labute approximate surface area is 154 Å². The van der Waals surface area contributed by atoms with Crippen LogP contribution in [0.1, 0.15) is 43.2 Å². The van der Waals surface area contributed by atoms with Gasteiger partial charge in [-0.1, -0.05) is 13.0 Å². The van der Waals surface area contributed by atoms with Crippen LogP contribution in [0.4, 0.5) is 5.82 Å². The van der Waals surface area contributed by atoms with Gasteiger partial charge in [0.15, 0.2) is 0 Å². The molecule has 2 heterocycles. The topological polar surface area (TPSA) is 101 Å². The predicted octanol–water partition coefficient (Wildman–Crippen LogP) is 2.78. The molecule has 2 aromatic rings. The first-order chi connectivity index (χ1) is 12.7. The molecule has 1 saturated heterocycles. The number of ether oxygens (including phenoxy) is 1. The summed E-state index contributed by atoms with van der Waals surface area (Å²) in [6.45, 7) is 4.29. The van der Waals surface area contributed by atoms with Crippen LogP contribution in [0.25, 0.3) is 11.3 Å². The van der Waals surface area contributed by atoms with Crippen molar-refractivity contribution >= 4 is 5.82 Å². The zero-order valence-corrected chi connectivity index (χ0v) is 15.2. The van der Waals surface area contributed by atoms with Gasteiger partial charge in [-0.3, -0.25) is 0 Å². The van der Waals surface area contributed by atoms with Gasteiger partial charge in [0, 0.05) is 12.1 Å². The summed E-state index contributed by atoms with van der Waals surface area (Å²) in [6.07, 6.45) is 2.98. The van der Waals surface area contributed by atoms with E-state index in [2.05, 4.69) is 10.3 Å². The first-order valence-corrected chi connectivity index (χ1v) is 9.21. The lowest BCUT2D eigenvalue weighted by Gasteiger charge is -2.26. The summed E-state index contributed by atoms with van der Waals surface area (Å²) in [5, 5.41) is 23.6. The van der Waals surface area contributed by atoms with Crippen molar-refractivity contribution in [2.24, 2.45) is 0 Å². The molecule has 0 aliphatic carbocycles. The zero-order valence-electron chi connectivity index (χ0n) is 15.2. The molecule has 6 nitrogen and oxygen atoms in total. The van der Waals surface area contributed by atoms with Gasteiger partial charge in [-0.05, 0) is 55.5 Å². The van der Waals surface area contributed by atoms with Crippen LogP contribution in [0.3, 0.4) is 0 Å². The summed E-state index contributed by atoms with van der Waals surface area (Å²) >= 11 is 0. The molecule has 5 N–H and O–H groups in total. The number of phenols is 1. The smallest absolute Gasteiger partial charge is 0.132 e. The van der Waals surface area contributed by atoms with Crippen molar-refractivity contribution in [1.29, 1.82) is 0 Å². The van der Waals surface area contributed by atoms with Crippen LogP contribution in [0.2, 0.25) is 0 Å². The average molecular weight is 357 g/mol. The van der Waals surface area contributed by atoms with E-state index in [0.717, 1.165) is 37.9 Å². The maximum atomic E-state index is 10.4. The third-order valence-corrected chi connectivity index (χ3v) is 4.81. The Kier molecular flexibility index (Phi) is 5.96. The van der Waals surface area contributed by atoms with Crippen LogP contribution in [0.5, 0.6) is 11.5 Å². The number of hydrogen-bond donors (Lipinski definition) is 4. The van der Waals surface area contributed by atoms with Crippen LogP contribution < -0.4 is 15.8 Å². The van der Waals surface area contributed by atoms with Gasteiger partial charge in [0.25, 0.3) is 0 Å². The minimum absolute atomic E-state index is 0.106. The van der Waals surface area contributed by atoms with E-state index < -0.39 is 0 Å². The second kappa shape index (κ2) is 8.38. The van der Waals surface area contributed by atoms with Crippen LogP contribution in [0.15, 0.2) is 24.3 Å². The van der Waals surface area contributed by atoms with Gasteiger partial charge in [-0.15, -0.1) is 0 Å². The zero-order chi connectivity index (χ0) is 18.5. The third-order valence-electron chi connectivity index (χ3n) is 4.81. The lowest BCUT2D eigenvalue weighted by Crippen LogP contribution is -2.29. The normalized spacial score (nSPS) is 17.2. The second-order valence-electron chi connectivity index (χ2n) is 6.66. The minimum Gasteiger partial charge on any atom is -0.507 e. The number of rotatable bonds is 6. The van der Waals surface area contributed by atoms with Gasteiger partial charge < -0.3 is 26.0 Å². The Balaban J connectivity index is 2.10. The number of piperidine rings is 1. The van der Waals surface area contributed by atoms with Gasteiger partial charge in [0.05, 0.1) is 24.5 Å². The largest absolute Gasteiger partial charge is 0.507 e. The first kappa shape index (κ1) is 18.5. The van der Waals surface area contributed by atoms with Crippen LogP contribution in [0, 0.1) is 0 Å². The van der Waals surface area contributed by atoms with Crippen molar-refractivity contribution in [2.75, 3.05) is 25.4 Å². The Morgan fingerprint density at radius 2 is 2.23 bits per heavy atom. The fourth-order valence-corrected chi connectivity index (χ4v) is 3.50. The molecule has 1 atom stereocenters. The molecule has 0 saturated carbocycles. The maximum absolute atomic E-state index is 10.4. The first-order valence-electron chi connectivity index (χ1n) is 9.21. The maximum Gasteiger partial charge on any atom is 0.132 e. The van der Waals surface area contributed by atoms with Crippen molar-refractivity contribution < 1.29 is 14.9 Å². The Morgan fingerprint density at radius 1 is 1.38 bits per heavy atom. The monoisotopic (exact) mass is 357 g/mol. The summed E-state index contributed by atoms with van der Waals surface area (Å²) < 4.78 is 5.80. The van der Waals surface area contributed by atoms with Crippen molar-refractivity contribution in [3.05, 3.63) is 35.4 Å². The van der Waals surface area contributed by atoms with E-state index >= 15 is 0 Å². The van der Waals surface area contributed by atoms with E-state index in [1.54, 1.807) is 12.1 Å². The van der Waals surface area contributed by atoms with Gasteiger partial charge in [-0.25, -0.2) is 4.98 Å². The van der Waals surface area contributed by atoms with Crippen LogP contribution in [-0.4, -0.2) is 34.9 Å². The molecule has 0 amide bonds. The third kappa shape index (κ3) is 3.76. The van der Waals surface area contributed by atoms with Crippen LogP contribution in [-0.2, 0) is 6.61 Å². The van der Waals surface area contributed by atoms with Crippen molar-refractivity contribution in [3.8, 4) is 22.8 Å². The van der Waals surface area contributed by atoms with Crippen molar-refractivity contribution in [2.45, 2.75) is 38.7 Å². The minimum atomic E-state index is -0.148. The highest BCUT2D eigenvalue weighted by atomic mass is 16.5. The molecule has 1 unspecified atom stereocenters. The number of phenolic OH excluding ortho intramolecular Hbond substituents is 1. The SMILES string of the molecule is CCCOc1cccc(O)c1-c1cc(C2CCCNC2)c(CO)c(N)n1. The Bertz CT molecular complexity index is 758. The average Bonchev–Trinajstić information content (AvgIpc) is 2.66. The molecule has 0 radical (unpaired) electrons. The molecule has 140 valence electrons. The molecule has 1 aliphatic rings. The second-order valence-corrected chi connectivity index (χ2v) is 6.66.